The van der Waals surface area contributed by atoms with Crippen molar-refractivity contribution in [2.24, 2.45) is 0 Å². The number of nitrogens with zero attached hydrogens (tertiary/aromatic N) is 1. The molecule has 0 radical (unpaired) electrons. The van der Waals surface area contributed by atoms with Gasteiger partial charge in [0, 0.05) is 26.4 Å². The van der Waals surface area contributed by atoms with Gasteiger partial charge in [-0.25, -0.2) is 0 Å². The molecule has 0 bridgehead atoms. The molecule has 3 nitrogen and oxygen atoms in total. The van der Waals surface area contributed by atoms with Crippen LogP contribution in [0.1, 0.15) is 53.4 Å². The second-order valence-corrected chi connectivity index (χ2v) is 5.21. The van der Waals surface area contributed by atoms with Crippen LogP contribution in [0.5, 0.6) is 0 Å². The zero-order chi connectivity index (χ0) is 12.7. The van der Waals surface area contributed by atoms with Gasteiger partial charge in [0.05, 0.1) is 19.6 Å². The average Bonchev–Trinajstić information content (AvgIpc) is 2.76. The topological polar surface area (TPSA) is 18.5 Å². The fraction of sp³-hybridized carbons (Fsp3) is 1.00. The van der Waals surface area contributed by atoms with Gasteiger partial charge in [-0.2, -0.15) is 0 Å². The number of rotatable bonds is 8. The Labute approximate surface area is 107 Å². The molecule has 0 aromatic heterocycles. The third kappa shape index (κ3) is 4.23. The summed E-state index contributed by atoms with van der Waals surface area (Å²) in [5, 5.41) is 0. The third-order valence-corrected chi connectivity index (χ3v) is 3.98. The lowest BCUT2D eigenvalue weighted by atomic mass is 10.2. The highest BCUT2D eigenvalue weighted by Crippen LogP contribution is 2.26. The first-order valence-corrected chi connectivity index (χ1v) is 7.27. The number of quaternary nitrogens is 1. The maximum atomic E-state index is 6.03. The van der Waals surface area contributed by atoms with Gasteiger partial charge in [0.15, 0.2) is 12.5 Å². The van der Waals surface area contributed by atoms with Gasteiger partial charge >= 0.3 is 0 Å². The van der Waals surface area contributed by atoms with Gasteiger partial charge in [0.2, 0.25) is 0 Å². The number of ether oxygens (including phenoxy) is 2. The van der Waals surface area contributed by atoms with E-state index >= 15 is 0 Å². The molecule has 102 valence electrons. The van der Waals surface area contributed by atoms with Gasteiger partial charge in [-0.1, -0.05) is 13.3 Å². The Hall–Kier alpha value is -0.120. The Morgan fingerprint density at radius 2 is 1.76 bits per heavy atom. The van der Waals surface area contributed by atoms with Crippen molar-refractivity contribution in [1.29, 1.82) is 0 Å². The van der Waals surface area contributed by atoms with Crippen molar-refractivity contribution in [3.8, 4) is 0 Å². The minimum atomic E-state index is -0.0766. The van der Waals surface area contributed by atoms with Crippen LogP contribution in [0.15, 0.2) is 0 Å². The van der Waals surface area contributed by atoms with Crippen LogP contribution in [0, 0.1) is 0 Å². The van der Waals surface area contributed by atoms with E-state index in [2.05, 4.69) is 13.8 Å². The maximum absolute atomic E-state index is 6.03. The van der Waals surface area contributed by atoms with Crippen molar-refractivity contribution in [1.82, 2.24) is 0 Å². The molecule has 0 aromatic rings. The lowest BCUT2D eigenvalue weighted by molar-refractivity contribution is -0.961. The first-order valence-electron chi connectivity index (χ1n) is 7.27. The van der Waals surface area contributed by atoms with E-state index in [1.54, 1.807) is 0 Å². The highest BCUT2D eigenvalue weighted by atomic mass is 16.7. The highest BCUT2D eigenvalue weighted by Gasteiger charge is 2.38. The van der Waals surface area contributed by atoms with Gasteiger partial charge in [0.1, 0.15) is 0 Å². The monoisotopic (exact) mass is 244 g/mol. The van der Waals surface area contributed by atoms with Crippen molar-refractivity contribution >= 4 is 0 Å². The standard InChI is InChI=1S/C14H30NO2/c1-5-7-10-15(11-8-9-12-15)13(3)17-14(4)16-6-2/h13-14H,5-12H2,1-4H3/q+1. The zero-order valence-corrected chi connectivity index (χ0v) is 12.1. The maximum Gasteiger partial charge on any atom is 0.193 e. The molecule has 1 aliphatic heterocycles. The predicted octanol–water partition coefficient (Wildman–Crippen LogP) is 3.14. The summed E-state index contributed by atoms with van der Waals surface area (Å²) in [6.45, 7) is 13.0. The molecule has 2 unspecified atom stereocenters. The summed E-state index contributed by atoms with van der Waals surface area (Å²) < 4.78 is 12.7. The number of hydrogen-bond donors (Lipinski definition) is 0. The number of likely N-dealkylation sites (tertiary alicyclic amines) is 1. The van der Waals surface area contributed by atoms with Crippen molar-refractivity contribution in [2.45, 2.75) is 65.9 Å². The van der Waals surface area contributed by atoms with Crippen LogP contribution >= 0.6 is 0 Å². The number of unbranched alkanes of at least 4 members (excludes halogenated alkanes) is 1. The molecule has 2 atom stereocenters. The third-order valence-electron chi connectivity index (χ3n) is 3.98. The van der Waals surface area contributed by atoms with Crippen LogP contribution in [0.25, 0.3) is 0 Å². The van der Waals surface area contributed by atoms with Gasteiger partial charge in [-0.3, -0.25) is 4.48 Å². The van der Waals surface area contributed by atoms with Gasteiger partial charge in [-0.15, -0.1) is 0 Å². The molecule has 1 heterocycles. The largest absolute Gasteiger partial charge is 0.353 e. The predicted molar refractivity (Wildman–Crippen MR) is 70.6 cm³/mol. The fourth-order valence-corrected chi connectivity index (χ4v) is 2.89. The second kappa shape index (κ2) is 7.34. The molecule has 0 saturated carbocycles. The molecule has 1 saturated heterocycles. The Balaban J connectivity index is 2.50. The van der Waals surface area contributed by atoms with Crippen molar-refractivity contribution < 1.29 is 14.0 Å². The molecule has 0 N–H and O–H groups in total. The molecule has 0 spiro atoms. The minimum Gasteiger partial charge on any atom is -0.353 e. The molecular weight excluding hydrogens is 214 g/mol. The van der Waals surface area contributed by atoms with Gasteiger partial charge in [-0.05, 0) is 20.3 Å². The summed E-state index contributed by atoms with van der Waals surface area (Å²) in [5.41, 5.74) is 0. The molecule has 1 rings (SSSR count). The summed E-state index contributed by atoms with van der Waals surface area (Å²) >= 11 is 0. The van der Waals surface area contributed by atoms with Crippen molar-refractivity contribution in [2.75, 3.05) is 26.2 Å². The van der Waals surface area contributed by atoms with Crippen LogP contribution in [0.3, 0.4) is 0 Å². The van der Waals surface area contributed by atoms with E-state index in [1.807, 2.05) is 13.8 Å². The molecule has 1 fully saturated rings. The fourth-order valence-electron chi connectivity index (χ4n) is 2.89. The van der Waals surface area contributed by atoms with Gasteiger partial charge in [0.25, 0.3) is 0 Å². The second-order valence-electron chi connectivity index (χ2n) is 5.21. The molecule has 0 aromatic carbocycles. The van der Waals surface area contributed by atoms with E-state index in [0.29, 0.717) is 0 Å². The summed E-state index contributed by atoms with van der Waals surface area (Å²) in [6.07, 6.45) is 5.46. The Bertz CT molecular complexity index is 202. The number of hydrogen-bond acceptors (Lipinski definition) is 2. The first-order chi connectivity index (χ1) is 8.14. The lowest BCUT2D eigenvalue weighted by Crippen LogP contribution is -2.54. The first kappa shape index (κ1) is 14.9. The van der Waals surface area contributed by atoms with E-state index in [9.17, 15) is 0 Å². The smallest absolute Gasteiger partial charge is 0.193 e. The normalized spacial score (nSPS) is 22.6. The SMILES string of the molecule is CCCC[N+]1(C(C)OC(C)OCC)CCCC1. The Kier molecular flexibility index (Phi) is 6.45. The average molecular weight is 244 g/mol. The summed E-state index contributed by atoms with van der Waals surface area (Å²) in [5.74, 6) is 0. The molecule has 17 heavy (non-hydrogen) atoms. The Morgan fingerprint density at radius 1 is 1.12 bits per heavy atom. The van der Waals surface area contributed by atoms with Crippen LogP contribution < -0.4 is 0 Å². The molecule has 3 heteroatoms. The van der Waals surface area contributed by atoms with E-state index in [0.717, 1.165) is 11.1 Å². The van der Waals surface area contributed by atoms with Crippen molar-refractivity contribution in [3.63, 3.8) is 0 Å². The van der Waals surface area contributed by atoms with E-state index in [-0.39, 0.29) is 12.5 Å². The molecule has 0 amide bonds. The Morgan fingerprint density at radius 3 is 2.29 bits per heavy atom. The molecule has 0 aliphatic carbocycles. The van der Waals surface area contributed by atoms with Crippen LogP contribution in [0.4, 0.5) is 0 Å². The van der Waals surface area contributed by atoms with Crippen LogP contribution in [-0.4, -0.2) is 43.2 Å². The van der Waals surface area contributed by atoms with E-state index in [1.165, 1.54) is 45.3 Å². The van der Waals surface area contributed by atoms with Crippen LogP contribution in [0.2, 0.25) is 0 Å². The van der Waals surface area contributed by atoms with E-state index in [4.69, 9.17) is 9.47 Å². The summed E-state index contributed by atoms with van der Waals surface area (Å²) in [4.78, 5) is 0. The highest BCUT2D eigenvalue weighted by molar-refractivity contribution is 4.57. The quantitative estimate of drug-likeness (QED) is 0.482. The van der Waals surface area contributed by atoms with Gasteiger partial charge < -0.3 is 9.47 Å². The minimum absolute atomic E-state index is 0.0766. The summed E-state index contributed by atoms with van der Waals surface area (Å²) in [7, 11) is 0. The lowest BCUT2D eigenvalue weighted by Gasteiger charge is -2.40. The summed E-state index contributed by atoms with van der Waals surface area (Å²) in [6, 6.07) is 0. The van der Waals surface area contributed by atoms with Crippen molar-refractivity contribution in [3.05, 3.63) is 0 Å². The zero-order valence-electron chi connectivity index (χ0n) is 12.1. The van der Waals surface area contributed by atoms with Crippen LogP contribution in [-0.2, 0) is 9.47 Å². The molecular formula is C14H30NO2+. The van der Waals surface area contributed by atoms with E-state index < -0.39 is 0 Å². The molecule has 1 aliphatic rings.